The Balaban J connectivity index is 4.26. The molecule has 7 heteroatoms. The monoisotopic (exact) mass is 250 g/mol. The molecule has 7 nitrogen and oxygen atoms in total. The van der Waals surface area contributed by atoms with Crippen LogP contribution in [0, 0.1) is 0 Å². The minimum atomic E-state index is -2.69. The maximum Gasteiger partial charge on any atom is 0.333 e. The number of hydrogen-bond acceptors (Lipinski definition) is 7. The summed E-state index contributed by atoms with van der Waals surface area (Å²) in [5.41, 5.74) is 0.0747. The number of aliphatic hydroxyl groups is 5. The molecule has 0 spiro atoms. The van der Waals surface area contributed by atoms with E-state index in [1.807, 2.05) is 0 Å². The lowest BCUT2D eigenvalue weighted by atomic mass is 10.0. The Morgan fingerprint density at radius 3 is 2.35 bits per heavy atom. The predicted octanol–water partition coefficient (Wildman–Crippen LogP) is -2.11. The Hall–Kier alpha value is -0.990. The minimum absolute atomic E-state index is 0.0747. The van der Waals surface area contributed by atoms with E-state index in [0.717, 1.165) is 0 Å². The first-order valence-corrected chi connectivity index (χ1v) is 4.95. The lowest BCUT2D eigenvalue weighted by molar-refractivity contribution is -0.253. The van der Waals surface area contributed by atoms with Gasteiger partial charge >= 0.3 is 5.97 Å². The van der Waals surface area contributed by atoms with Gasteiger partial charge in [-0.05, 0) is 6.92 Å². The van der Waals surface area contributed by atoms with Crippen LogP contribution in [0.4, 0.5) is 0 Å². The number of aliphatic hydroxyl groups excluding tert-OH is 3. The largest absolute Gasteiger partial charge is 0.457 e. The molecule has 100 valence electrons. The molecule has 17 heavy (non-hydrogen) atoms. The van der Waals surface area contributed by atoms with Gasteiger partial charge in [-0.3, -0.25) is 0 Å². The van der Waals surface area contributed by atoms with Crippen molar-refractivity contribution in [3.63, 3.8) is 0 Å². The lowest BCUT2D eigenvalue weighted by Crippen LogP contribution is -2.48. The molecule has 0 aromatic heterocycles. The summed E-state index contributed by atoms with van der Waals surface area (Å²) in [7, 11) is 0. The van der Waals surface area contributed by atoms with Gasteiger partial charge in [0.05, 0.1) is 12.7 Å². The van der Waals surface area contributed by atoms with Gasteiger partial charge in [0.25, 0.3) is 0 Å². The molecule has 0 bridgehead atoms. The fourth-order valence-electron chi connectivity index (χ4n) is 0.912. The average Bonchev–Trinajstić information content (AvgIpc) is 2.25. The highest BCUT2D eigenvalue weighted by Gasteiger charge is 2.36. The molecule has 0 radical (unpaired) electrons. The molecule has 0 aromatic carbocycles. The van der Waals surface area contributed by atoms with E-state index in [4.69, 9.17) is 10.2 Å². The van der Waals surface area contributed by atoms with E-state index >= 15 is 0 Å². The van der Waals surface area contributed by atoms with Crippen LogP contribution in [0.25, 0.3) is 0 Å². The van der Waals surface area contributed by atoms with Crippen molar-refractivity contribution in [2.75, 3.05) is 13.2 Å². The van der Waals surface area contributed by atoms with E-state index in [1.165, 1.54) is 6.92 Å². The van der Waals surface area contributed by atoms with E-state index in [1.54, 1.807) is 0 Å². The van der Waals surface area contributed by atoms with Crippen LogP contribution in [0.15, 0.2) is 12.2 Å². The van der Waals surface area contributed by atoms with Crippen molar-refractivity contribution < 1.29 is 35.1 Å². The van der Waals surface area contributed by atoms with Gasteiger partial charge < -0.3 is 30.3 Å². The van der Waals surface area contributed by atoms with Crippen LogP contribution in [0.1, 0.15) is 13.3 Å². The van der Waals surface area contributed by atoms with Gasteiger partial charge in [-0.2, -0.15) is 0 Å². The standard InChI is InChI=1S/C10H18O7/c1-6(2)9(14)17-5-10(15,16)8(13)3-7(12)4-11/h7-8,11-13,15-16H,1,3-5H2,2H3. The van der Waals surface area contributed by atoms with E-state index in [2.05, 4.69) is 11.3 Å². The maximum atomic E-state index is 11.0. The molecule has 0 aliphatic heterocycles. The molecule has 0 amide bonds. The van der Waals surface area contributed by atoms with Gasteiger partial charge in [-0.25, -0.2) is 4.79 Å². The first kappa shape index (κ1) is 16.0. The van der Waals surface area contributed by atoms with E-state index in [-0.39, 0.29) is 5.57 Å². The second-order valence-corrected chi connectivity index (χ2v) is 3.82. The van der Waals surface area contributed by atoms with E-state index < -0.39 is 43.6 Å². The highest BCUT2D eigenvalue weighted by molar-refractivity contribution is 5.86. The molecule has 0 fully saturated rings. The van der Waals surface area contributed by atoms with Crippen LogP contribution in [-0.2, 0) is 9.53 Å². The van der Waals surface area contributed by atoms with Gasteiger partial charge in [0.2, 0.25) is 5.79 Å². The van der Waals surface area contributed by atoms with Crippen molar-refractivity contribution in [2.45, 2.75) is 31.3 Å². The highest BCUT2D eigenvalue weighted by atomic mass is 16.6. The van der Waals surface area contributed by atoms with Crippen LogP contribution in [0.3, 0.4) is 0 Å². The van der Waals surface area contributed by atoms with Gasteiger partial charge in [0.15, 0.2) is 0 Å². The predicted molar refractivity (Wildman–Crippen MR) is 56.7 cm³/mol. The summed E-state index contributed by atoms with van der Waals surface area (Å²) in [6.45, 7) is 3.18. The van der Waals surface area contributed by atoms with Crippen LogP contribution >= 0.6 is 0 Å². The van der Waals surface area contributed by atoms with Gasteiger partial charge in [-0.1, -0.05) is 6.58 Å². The molecule has 0 aliphatic rings. The normalized spacial score (nSPS) is 15.2. The number of rotatable bonds is 7. The van der Waals surface area contributed by atoms with Crippen LogP contribution in [0.5, 0.6) is 0 Å². The van der Waals surface area contributed by atoms with Gasteiger partial charge in [0, 0.05) is 12.0 Å². The number of carbonyl (C=O) groups is 1. The fraction of sp³-hybridized carbons (Fsp3) is 0.700. The average molecular weight is 250 g/mol. The molecule has 2 unspecified atom stereocenters. The van der Waals surface area contributed by atoms with Gasteiger partial charge in [0.1, 0.15) is 12.7 Å². The summed E-state index contributed by atoms with van der Waals surface area (Å²) in [6.07, 6.45) is -3.52. The zero-order chi connectivity index (χ0) is 13.6. The van der Waals surface area contributed by atoms with Crippen molar-refractivity contribution in [3.05, 3.63) is 12.2 Å². The third-order valence-corrected chi connectivity index (χ3v) is 2.00. The molecular formula is C10H18O7. The molecular weight excluding hydrogens is 232 g/mol. The molecule has 0 saturated carbocycles. The summed E-state index contributed by atoms with van der Waals surface area (Å²) < 4.78 is 4.46. The molecule has 0 heterocycles. The summed E-state index contributed by atoms with van der Waals surface area (Å²) in [5, 5.41) is 45.6. The number of carbonyl (C=O) groups excluding carboxylic acids is 1. The SMILES string of the molecule is C=C(C)C(=O)OCC(O)(O)C(O)CC(O)CO. The first-order valence-electron chi connectivity index (χ1n) is 4.95. The summed E-state index contributed by atoms with van der Waals surface area (Å²) in [5.74, 6) is -3.52. The smallest absolute Gasteiger partial charge is 0.333 e. The quantitative estimate of drug-likeness (QED) is 0.199. The summed E-state index contributed by atoms with van der Waals surface area (Å²) >= 11 is 0. The van der Waals surface area contributed by atoms with E-state index in [9.17, 15) is 20.1 Å². The molecule has 0 rings (SSSR count). The summed E-state index contributed by atoms with van der Waals surface area (Å²) in [6, 6.07) is 0. The molecule has 5 N–H and O–H groups in total. The Labute approximate surface area is 98.6 Å². The Bertz CT molecular complexity index is 274. The second-order valence-electron chi connectivity index (χ2n) is 3.82. The van der Waals surface area contributed by atoms with Crippen molar-refractivity contribution in [3.8, 4) is 0 Å². The topological polar surface area (TPSA) is 127 Å². The third-order valence-electron chi connectivity index (χ3n) is 2.00. The summed E-state index contributed by atoms with van der Waals surface area (Å²) in [4.78, 5) is 11.0. The van der Waals surface area contributed by atoms with Crippen LogP contribution in [0.2, 0.25) is 0 Å². The number of esters is 1. The second kappa shape index (κ2) is 6.67. The lowest BCUT2D eigenvalue weighted by Gasteiger charge is -2.27. The van der Waals surface area contributed by atoms with Crippen LogP contribution in [-0.4, -0.2) is 62.7 Å². The Kier molecular flexibility index (Phi) is 6.29. The number of hydrogen-bond donors (Lipinski definition) is 5. The van der Waals surface area contributed by atoms with Gasteiger partial charge in [-0.15, -0.1) is 0 Å². The Morgan fingerprint density at radius 1 is 1.41 bits per heavy atom. The highest BCUT2D eigenvalue weighted by Crippen LogP contribution is 2.13. The van der Waals surface area contributed by atoms with Crippen molar-refractivity contribution in [1.29, 1.82) is 0 Å². The third kappa shape index (κ3) is 5.76. The van der Waals surface area contributed by atoms with Crippen molar-refractivity contribution in [1.82, 2.24) is 0 Å². The molecule has 0 saturated heterocycles. The first-order chi connectivity index (χ1) is 7.70. The van der Waals surface area contributed by atoms with E-state index in [0.29, 0.717) is 0 Å². The van der Waals surface area contributed by atoms with Crippen molar-refractivity contribution in [2.24, 2.45) is 0 Å². The van der Waals surface area contributed by atoms with Crippen molar-refractivity contribution >= 4 is 5.97 Å². The molecule has 2 atom stereocenters. The fourth-order valence-corrected chi connectivity index (χ4v) is 0.912. The molecule has 0 aliphatic carbocycles. The minimum Gasteiger partial charge on any atom is -0.457 e. The zero-order valence-electron chi connectivity index (χ0n) is 9.54. The zero-order valence-corrected chi connectivity index (χ0v) is 9.54. The number of ether oxygens (including phenoxy) is 1. The Morgan fingerprint density at radius 2 is 1.94 bits per heavy atom. The maximum absolute atomic E-state index is 11.0. The van der Waals surface area contributed by atoms with Crippen LogP contribution < -0.4 is 0 Å². The molecule has 0 aromatic rings.